The fraction of sp³-hybridized carbons (Fsp3) is 0.400. The lowest BCUT2D eigenvalue weighted by molar-refractivity contribution is 0.0692. The van der Waals surface area contributed by atoms with Gasteiger partial charge in [-0.25, -0.2) is 0 Å². The molecule has 1 amide bonds. The first-order valence-electron chi connectivity index (χ1n) is 6.89. The van der Waals surface area contributed by atoms with E-state index in [2.05, 4.69) is 16.8 Å². The van der Waals surface area contributed by atoms with Crippen molar-refractivity contribution in [3.63, 3.8) is 0 Å². The lowest BCUT2D eigenvalue weighted by Gasteiger charge is -2.23. The van der Waals surface area contributed by atoms with Gasteiger partial charge in [0.25, 0.3) is 5.91 Å². The number of hydrogen-bond acceptors (Lipinski definition) is 3. The van der Waals surface area contributed by atoms with Gasteiger partial charge in [-0.1, -0.05) is 6.07 Å². The van der Waals surface area contributed by atoms with Crippen molar-refractivity contribution in [1.82, 2.24) is 9.88 Å². The Morgan fingerprint density at radius 3 is 2.95 bits per heavy atom. The Balaban J connectivity index is 1.67. The fourth-order valence-corrected chi connectivity index (χ4v) is 3.13. The van der Waals surface area contributed by atoms with Gasteiger partial charge in [0.05, 0.1) is 6.54 Å². The standard InChI is InChI=1S/C15H18N2O2S/c18-15(16-12-5-8-19-9-6-12)14-4-1-7-17(14)11-13-3-2-10-20-13/h1-4,7,10,12H,5-6,8-9,11H2,(H,16,18). The third-order valence-electron chi connectivity index (χ3n) is 3.52. The van der Waals surface area contributed by atoms with Crippen LogP contribution in [-0.4, -0.2) is 29.7 Å². The molecule has 1 aliphatic rings. The van der Waals surface area contributed by atoms with Crippen molar-refractivity contribution in [1.29, 1.82) is 0 Å². The summed E-state index contributed by atoms with van der Waals surface area (Å²) in [6, 6.07) is 8.16. The molecule has 0 saturated carbocycles. The van der Waals surface area contributed by atoms with Gasteiger partial charge >= 0.3 is 0 Å². The second kappa shape index (κ2) is 6.24. The minimum Gasteiger partial charge on any atom is -0.381 e. The second-order valence-electron chi connectivity index (χ2n) is 4.96. The Hall–Kier alpha value is -1.59. The summed E-state index contributed by atoms with van der Waals surface area (Å²) in [6.45, 7) is 2.23. The molecule has 0 bridgehead atoms. The summed E-state index contributed by atoms with van der Waals surface area (Å²) in [5, 5.41) is 5.16. The number of nitrogens with zero attached hydrogens (tertiary/aromatic N) is 1. The summed E-state index contributed by atoms with van der Waals surface area (Å²) in [6.07, 6.45) is 3.76. The first kappa shape index (κ1) is 13.4. The van der Waals surface area contributed by atoms with E-state index >= 15 is 0 Å². The SMILES string of the molecule is O=C(NC1CCOCC1)c1cccn1Cc1cccs1. The molecular formula is C15H18N2O2S. The second-order valence-corrected chi connectivity index (χ2v) is 5.99. The normalized spacial score (nSPS) is 16.2. The molecule has 0 aliphatic carbocycles. The molecule has 0 spiro atoms. The number of ether oxygens (including phenoxy) is 1. The van der Waals surface area contributed by atoms with Crippen LogP contribution < -0.4 is 5.32 Å². The first-order chi connectivity index (χ1) is 9.83. The maximum absolute atomic E-state index is 12.4. The molecule has 4 nitrogen and oxygen atoms in total. The zero-order valence-corrected chi connectivity index (χ0v) is 12.1. The monoisotopic (exact) mass is 290 g/mol. The van der Waals surface area contributed by atoms with Crippen LogP contribution in [0.25, 0.3) is 0 Å². The summed E-state index contributed by atoms with van der Waals surface area (Å²) in [5.74, 6) is 0.0125. The molecule has 2 aromatic heterocycles. The van der Waals surface area contributed by atoms with E-state index in [0.29, 0.717) is 0 Å². The number of carbonyl (C=O) groups excluding carboxylic acids is 1. The van der Waals surface area contributed by atoms with Gasteiger partial charge in [-0.2, -0.15) is 0 Å². The molecule has 0 aromatic carbocycles. The van der Waals surface area contributed by atoms with Crippen LogP contribution in [-0.2, 0) is 11.3 Å². The van der Waals surface area contributed by atoms with E-state index in [4.69, 9.17) is 4.74 Å². The Kier molecular flexibility index (Phi) is 4.18. The maximum atomic E-state index is 12.4. The molecule has 106 valence electrons. The molecule has 3 heterocycles. The highest BCUT2D eigenvalue weighted by Gasteiger charge is 2.18. The predicted molar refractivity (Wildman–Crippen MR) is 79.2 cm³/mol. The molecule has 1 N–H and O–H groups in total. The van der Waals surface area contributed by atoms with Crippen molar-refractivity contribution in [2.75, 3.05) is 13.2 Å². The average Bonchev–Trinajstić information content (AvgIpc) is 3.12. The molecule has 1 fully saturated rings. The van der Waals surface area contributed by atoms with Crippen LogP contribution in [0.15, 0.2) is 35.8 Å². The number of rotatable bonds is 4. The molecule has 3 rings (SSSR count). The molecular weight excluding hydrogens is 272 g/mol. The van der Waals surface area contributed by atoms with E-state index < -0.39 is 0 Å². The van der Waals surface area contributed by atoms with Crippen molar-refractivity contribution in [3.05, 3.63) is 46.4 Å². The molecule has 2 aromatic rings. The number of nitrogens with one attached hydrogen (secondary N) is 1. The van der Waals surface area contributed by atoms with Crippen LogP contribution in [0, 0.1) is 0 Å². The number of amides is 1. The number of aromatic nitrogens is 1. The summed E-state index contributed by atoms with van der Waals surface area (Å²) in [5.41, 5.74) is 0.727. The summed E-state index contributed by atoms with van der Waals surface area (Å²) in [4.78, 5) is 13.6. The van der Waals surface area contributed by atoms with Crippen molar-refractivity contribution in [3.8, 4) is 0 Å². The molecule has 0 unspecified atom stereocenters. The minimum absolute atomic E-state index is 0.0125. The van der Waals surface area contributed by atoms with Gasteiger partial charge in [-0.05, 0) is 36.4 Å². The van der Waals surface area contributed by atoms with Crippen molar-refractivity contribution in [2.24, 2.45) is 0 Å². The number of thiophene rings is 1. The van der Waals surface area contributed by atoms with E-state index in [1.54, 1.807) is 11.3 Å². The van der Waals surface area contributed by atoms with Gasteiger partial charge < -0.3 is 14.6 Å². The van der Waals surface area contributed by atoms with E-state index in [-0.39, 0.29) is 11.9 Å². The Morgan fingerprint density at radius 2 is 2.20 bits per heavy atom. The van der Waals surface area contributed by atoms with Crippen LogP contribution >= 0.6 is 11.3 Å². The highest BCUT2D eigenvalue weighted by molar-refractivity contribution is 7.09. The lowest BCUT2D eigenvalue weighted by atomic mass is 10.1. The average molecular weight is 290 g/mol. The molecule has 1 aliphatic heterocycles. The van der Waals surface area contributed by atoms with Gasteiger partial charge in [0, 0.05) is 30.3 Å². The quantitative estimate of drug-likeness (QED) is 0.940. The van der Waals surface area contributed by atoms with Gasteiger partial charge in [-0.15, -0.1) is 11.3 Å². The van der Waals surface area contributed by atoms with Gasteiger partial charge in [0.1, 0.15) is 5.69 Å². The Morgan fingerprint density at radius 1 is 1.35 bits per heavy atom. The first-order valence-corrected chi connectivity index (χ1v) is 7.77. The zero-order valence-electron chi connectivity index (χ0n) is 11.2. The third kappa shape index (κ3) is 3.11. The summed E-state index contributed by atoms with van der Waals surface area (Å²) >= 11 is 1.71. The predicted octanol–water partition coefficient (Wildman–Crippen LogP) is 2.51. The van der Waals surface area contributed by atoms with E-state index in [9.17, 15) is 4.79 Å². The van der Waals surface area contributed by atoms with Gasteiger partial charge in [0.15, 0.2) is 0 Å². The highest BCUT2D eigenvalue weighted by Crippen LogP contribution is 2.14. The zero-order chi connectivity index (χ0) is 13.8. The van der Waals surface area contributed by atoms with Crippen LogP contribution in [0.3, 0.4) is 0 Å². The number of carbonyl (C=O) groups is 1. The maximum Gasteiger partial charge on any atom is 0.268 e. The molecule has 0 atom stereocenters. The Labute approximate surface area is 122 Å². The van der Waals surface area contributed by atoms with Gasteiger partial charge in [0.2, 0.25) is 0 Å². The smallest absolute Gasteiger partial charge is 0.268 e. The topological polar surface area (TPSA) is 43.3 Å². The highest BCUT2D eigenvalue weighted by atomic mass is 32.1. The molecule has 5 heteroatoms. The summed E-state index contributed by atoms with van der Waals surface area (Å²) < 4.78 is 7.31. The molecule has 1 saturated heterocycles. The summed E-state index contributed by atoms with van der Waals surface area (Å²) in [7, 11) is 0. The van der Waals surface area contributed by atoms with E-state index in [1.807, 2.05) is 29.0 Å². The third-order valence-corrected chi connectivity index (χ3v) is 4.39. The molecule has 20 heavy (non-hydrogen) atoms. The van der Waals surface area contributed by atoms with Crippen LogP contribution in [0.2, 0.25) is 0 Å². The van der Waals surface area contributed by atoms with Crippen LogP contribution in [0.1, 0.15) is 28.2 Å². The fourth-order valence-electron chi connectivity index (χ4n) is 2.43. The van der Waals surface area contributed by atoms with Gasteiger partial charge in [-0.3, -0.25) is 4.79 Å². The van der Waals surface area contributed by atoms with E-state index in [1.165, 1.54) is 4.88 Å². The molecule has 0 radical (unpaired) electrons. The Bertz CT molecular complexity index is 556. The largest absolute Gasteiger partial charge is 0.381 e. The number of hydrogen-bond donors (Lipinski definition) is 1. The lowest BCUT2D eigenvalue weighted by Crippen LogP contribution is -2.39. The minimum atomic E-state index is 0.0125. The van der Waals surface area contributed by atoms with Crippen LogP contribution in [0.5, 0.6) is 0 Å². The van der Waals surface area contributed by atoms with Crippen molar-refractivity contribution >= 4 is 17.2 Å². The van der Waals surface area contributed by atoms with Crippen molar-refractivity contribution in [2.45, 2.75) is 25.4 Å². The van der Waals surface area contributed by atoms with Crippen molar-refractivity contribution < 1.29 is 9.53 Å². The van der Waals surface area contributed by atoms with Crippen LogP contribution in [0.4, 0.5) is 0 Å². The van der Waals surface area contributed by atoms with E-state index in [0.717, 1.165) is 38.3 Å².